The van der Waals surface area contributed by atoms with E-state index in [4.69, 9.17) is 4.74 Å². The molecule has 0 bridgehead atoms. The average Bonchev–Trinajstić information content (AvgIpc) is 3.06. The summed E-state index contributed by atoms with van der Waals surface area (Å²) in [5.74, 6) is 0.681. The van der Waals surface area contributed by atoms with Crippen LogP contribution in [0.2, 0.25) is 0 Å². The number of anilines is 1. The minimum Gasteiger partial charge on any atom is -0.508 e. The first-order chi connectivity index (χ1) is 11.2. The van der Waals surface area contributed by atoms with E-state index in [1.165, 1.54) is 11.1 Å². The zero-order valence-corrected chi connectivity index (χ0v) is 14.6. The van der Waals surface area contributed by atoms with Crippen LogP contribution in [0.5, 0.6) is 5.75 Å². The topological polar surface area (TPSA) is 41.5 Å². The first-order valence-corrected chi connectivity index (χ1v) is 8.96. The first kappa shape index (κ1) is 15.0. The van der Waals surface area contributed by atoms with Crippen molar-refractivity contribution >= 4 is 21.6 Å². The Morgan fingerprint density at radius 2 is 2.09 bits per heavy atom. The van der Waals surface area contributed by atoms with Gasteiger partial charge in [0.05, 0.1) is 12.1 Å². The Bertz CT molecular complexity index is 746. The molecule has 4 rings (SSSR count). The lowest BCUT2D eigenvalue weighted by Gasteiger charge is -2.37. The van der Waals surface area contributed by atoms with Gasteiger partial charge in [0.25, 0.3) is 0 Å². The minimum absolute atomic E-state index is 0.136. The van der Waals surface area contributed by atoms with Gasteiger partial charge in [-0.25, -0.2) is 0 Å². The summed E-state index contributed by atoms with van der Waals surface area (Å²) >= 11 is 3.63. The van der Waals surface area contributed by atoms with E-state index in [9.17, 15) is 5.11 Å². The SMILES string of the molecule is CCc1ccc2c(c1)[C@H]1OCC[C@H]1[C@@H](c1cc(O)ccc1Br)N2. The van der Waals surface area contributed by atoms with Crippen molar-refractivity contribution in [3.63, 3.8) is 0 Å². The van der Waals surface area contributed by atoms with Gasteiger partial charge in [0.2, 0.25) is 0 Å². The van der Waals surface area contributed by atoms with E-state index < -0.39 is 0 Å². The summed E-state index contributed by atoms with van der Waals surface area (Å²) in [7, 11) is 0. The zero-order chi connectivity index (χ0) is 16.0. The highest BCUT2D eigenvalue weighted by Gasteiger charge is 2.42. The van der Waals surface area contributed by atoms with Crippen LogP contribution in [0.15, 0.2) is 40.9 Å². The molecule has 1 saturated heterocycles. The molecule has 0 aromatic heterocycles. The molecule has 4 heteroatoms. The highest BCUT2D eigenvalue weighted by Crippen LogP contribution is 2.51. The molecule has 2 aromatic carbocycles. The van der Waals surface area contributed by atoms with Crippen LogP contribution in [-0.2, 0) is 11.2 Å². The standard InChI is InChI=1S/C19H20BrNO2/c1-2-11-3-6-17-15(9-11)19-13(7-8-23-19)18(21-17)14-10-12(22)4-5-16(14)20/h3-6,9-10,13,18-19,21-22H,2,7-8H2,1H3/t13-,18-,19-/m0/s1. The molecule has 2 N–H and O–H groups in total. The van der Waals surface area contributed by atoms with E-state index in [0.717, 1.165) is 35.2 Å². The van der Waals surface area contributed by atoms with Crippen LogP contribution in [0.25, 0.3) is 0 Å². The van der Waals surface area contributed by atoms with Gasteiger partial charge in [-0.3, -0.25) is 0 Å². The monoisotopic (exact) mass is 373 g/mol. The Hall–Kier alpha value is -1.52. The van der Waals surface area contributed by atoms with Gasteiger partial charge < -0.3 is 15.2 Å². The Labute approximate surface area is 144 Å². The fraction of sp³-hybridized carbons (Fsp3) is 0.368. The maximum atomic E-state index is 9.89. The van der Waals surface area contributed by atoms with Crippen molar-refractivity contribution in [3.05, 3.63) is 57.6 Å². The van der Waals surface area contributed by atoms with Gasteiger partial charge >= 0.3 is 0 Å². The molecule has 2 aromatic rings. The lowest BCUT2D eigenvalue weighted by Crippen LogP contribution is -2.29. The summed E-state index contributed by atoms with van der Waals surface area (Å²) in [5, 5.41) is 13.6. The van der Waals surface area contributed by atoms with Crippen molar-refractivity contribution < 1.29 is 9.84 Å². The number of ether oxygens (including phenoxy) is 1. The van der Waals surface area contributed by atoms with Crippen LogP contribution in [0.1, 0.15) is 42.2 Å². The molecular formula is C19H20BrNO2. The molecule has 120 valence electrons. The van der Waals surface area contributed by atoms with Crippen molar-refractivity contribution in [1.82, 2.24) is 0 Å². The molecule has 1 fully saturated rings. The average molecular weight is 374 g/mol. The van der Waals surface area contributed by atoms with Crippen LogP contribution in [0, 0.1) is 5.92 Å². The molecular weight excluding hydrogens is 354 g/mol. The minimum atomic E-state index is 0.136. The summed E-state index contributed by atoms with van der Waals surface area (Å²) in [6, 6.07) is 12.2. The van der Waals surface area contributed by atoms with Gasteiger partial charge in [0, 0.05) is 28.2 Å². The Kier molecular flexibility index (Phi) is 3.82. The maximum Gasteiger partial charge on any atom is 0.116 e. The van der Waals surface area contributed by atoms with Gasteiger partial charge in [-0.15, -0.1) is 0 Å². The van der Waals surface area contributed by atoms with Gasteiger partial charge in [-0.1, -0.05) is 35.0 Å². The molecule has 0 radical (unpaired) electrons. The molecule has 0 saturated carbocycles. The second-order valence-corrected chi connectivity index (χ2v) is 7.20. The zero-order valence-electron chi connectivity index (χ0n) is 13.1. The van der Waals surface area contributed by atoms with Crippen molar-refractivity contribution in [2.45, 2.75) is 31.9 Å². The van der Waals surface area contributed by atoms with Crippen molar-refractivity contribution in [2.75, 3.05) is 11.9 Å². The summed E-state index contributed by atoms with van der Waals surface area (Å²) in [5.41, 5.74) is 4.86. The number of fused-ring (bicyclic) bond motifs is 3. The Morgan fingerprint density at radius 1 is 1.22 bits per heavy atom. The third-order valence-electron chi connectivity index (χ3n) is 5.02. The second-order valence-electron chi connectivity index (χ2n) is 6.35. The molecule has 2 heterocycles. The predicted molar refractivity (Wildman–Crippen MR) is 94.8 cm³/mol. The summed E-state index contributed by atoms with van der Waals surface area (Å²) in [6.45, 7) is 2.97. The number of nitrogens with one attached hydrogen (secondary N) is 1. The highest BCUT2D eigenvalue weighted by atomic mass is 79.9. The van der Waals surface area contributed by atoms with E-state index in [0.29, 0.717) is 11.7 Å². The van der Waals surface area contributed by atoms with Gasteiger partial charge in [-0.2, -0.15) is 0 Å². The van der Waals surface area contributed by atoms with Crippen LogP contribution in [-0.4, -0.2) is 11.7 Å². The maximum absolute atomic E-state index is 9.89. The molecule has 23 heavy (non-hydrogen) atoms. The molecule has 0 aliphatic carbocycles. The van der Waals surface area contributed by atoms with Gasteiger partial charge in [0.15, 0.2) is 0 Å². The van der Waals surface area contributed by atoms with E-state index in [-0.39, 0.29) is 12.1 Å². The number of phenolic OH excluding ortho intramolecular Hbond substituents is 1. The quantitative estimate of drug-likeness (QED) is 0.781. The van der Waals surface area contributed by atoms with E-state index in [1.807, 2.05) is 12.1 Å². The fourth-order valence-electron chi connectivity index (χ4n) is 3.82. The largest absolute Gasteiger partial charge is 0.508 e. The summed E-state index contributed by atoms with van der Waals surface area (Å²) in [4.78, 5) is 0. The van der Waals surface area contributed by atoms with Crippen LogP contribution >= 0.6 is 15.9 Å². The lowest BCUT2D eigenvalue weighted by atomic mass is 9.80. The van der Waals surface area contributed by atoms with E-state index >= 15 is 0 Å². The van der Waals surface area contributed by atoms with Crippen molar-refractivity contribution in [2.24, 2.45) is 5.92 Å². The number of hydrogen-bond donors (Lipinski definition) is 2. The molecule has 0 unspecified atom stereocenters. The number of hydrogen-bond acceptors (Lipinski definition) is 3. The number of benzene rings is 2. The van der Waals surface area contributed by atoms with Crippen LogP contribution in [0.4, 0.5) is 5.69 Å². The number of halogens is 1. The Morgan fingerprint density at radius 3 is 2.91 bits per heavy atom. The van der Waals surface area contributed by atoms with Crippen molar-refractivity contribution in [1.29, 1.82) is 0 Å². The van der Waals surface area contributed by atoms with Gasteiger partial charge in [0.1, 0.15) is 5.75 Å². The molecule has 0 spiro atoms. The first-order valence-electron chi connectivity index (χ1n) is 8.16. The third kappa shape index (κ3) is 2.54. The number of phenols is 1. The summed E-state index contributed by atoms with van der Waals surface area (Å²) < 4.78 is 7.11. The summed E-state index contributed by atoms with van der Waals surface area (Å²) in [6.07, 6.45) is 2.20. The number of aryl methyl sites for hydroxylation is 1. The third-order valence-corrected chi connectivity index (χ3v) is 5.74. The van der Waals surface area contributed by atoms with Crippen molar-refractivity contribution in [3.8, 4) is 5.75 Å². The van der Waals surface area contributed by atoms with E-state index in [1.54, 1.807) is 6.07 Å². The number of aromatic hydroxyl groups is 1. The van der Waals surface area contributed by atoms with Crippen LogP contribution in [0.3, 0.4) is 0 Å². The predicted octanol–water partition coefficient (Wildman–Crippen LogP) is 4.96. The molecule has 2 aliphatic heterocycles. The van der Waals surface area contributed by atoms with E-state index in [2.05, 4.69) is 46.4 Å². The highest BCUT2D eigenvalue weighted by molar-refractivity contribution is 9.10. The van der Waals surface area contributed by atoms with Crippen LogP contribution < -0.4 is 5.32 Å². The normalized spacial score (nSPS) is 25.6. The molecule has 0 amide bonds. The number of rotatable bonds is 2. The fourth-order valence-corrected chi connectivity index (χ4v) is 4.31. The molecule has 2 aliphatic rings. The smallest absolute Gasteiger partial charge is 0.116 e. The molecule has 3 atom stereocenters. The van der Waals surface area contributed by atoms with Gasteiger partial charge in [-0.05, 0) is 48.2 Å². The lowest BCUT2D eigenvalue weighted by molar-refractivity contribution is 0.0828. The second kappa shape index (κ2) is 5.84. The Balaban J connectivity index is 1.79. The molecule has 3 nitrogen and oxygen atoms in total.